The number of carbonyl (C=O) groups excluding carboxylic acids is 1. The summed E-state index contributed by atoms with van der Waals surface area (Å²) < 4.78 is 16.6. The quantitative estimate of drug-likeness (QED) is 0.775. The second-order valence-electron chi connectivity index (χ2n) is 6.21. The number of rotatable bonds is 5. The van der Waals surface area contributed by atoms with Gasteiger partial charge in [-0.3, -0.25) is 4.79 Å². The van der Waals surface area contributed by atoms with Crippen molar-refractivity contribution in [2.24, 2.45) is 0 Å². The molecule has 0 fully saturated rings. The van der Waals surface area contributed by atoms with Gasteiger partial charge in [-0.25, -0.2) is 4.79 Å². The number of hydrogen-bond acceptors (Lipinski definition) is 5. The molecule has 1 unspecified atom stereocenters. The van der Waals surface area contributed by atoms with E-state index in [0.29, 0.717) is 30.1 Å². The molecule has 2 aromatic rings. The first-order valence-electron chi connectivity index (χ1n) is 8.20. The van der Waals surface area contributed by atoms with Gasteiger partial charge in [-0.15, -0.1) is 0 Å². The molecule has 1 aromatic heterocycles. The second kappa shape index (κ2) is 6.59. The molecule has 1 aliphatic heterocycles. The fraction of sp³-hybridized carbons (Fsp3) is 0.300. The molecular formula is C20H20O5. The maximum atomic E-state index is 12.0. The number of carbonyl (C=O) groups is 1. The minimum Gasteiger partial charge on any atom is -0.489 e. The lowest BCUT2D eigenvalue weighted by atomic mass is 9.99. The molecule has 0 radical (unpaired) electrons. The Kier molecular flexibility index (Phi) is 4.49. The number of fused-ring (bicyclic) bond motifs is 1. The van der Waals surface area contributed by atoms with Gasteiger partial charge in [0.15, 0.2) is 5.60 Å². The third-order valence-electron chi connectivity index (χ3n) is 4.42. The molecule has 0 bridgehead atoms. The van der Waals surface area contributed by atoms with Crippen LogP contribution in [0.25, 0.3) is 11.0 Å². The number of benzene rings is 1. The maximum absolute atomic E-state index is 12.0. The molecule has 3 rings (SSSR count). The Morgan fingerprint density at radius 1 is 1.24 bits per heavy atom. The van der Waals surface area contributed by atoms with Gasteiger partial charge in [0.2, 0.25) is 5.78 Å². The number of ketones is 1. The summed E-state index contributed by atoms with van der Waals surface area (Å²) in [5.74, 6) is 1.17. The van der Waals surface area contributed by atoms with Crippen LogP contribution in [-0.2, 0) is 9.53 Å². The van der Waals surface area contributed by atoms with Crippen molar-refractivity contribution in [2.45, 2.75) is 32.8 Å². The number of allylic oxidation sites excluding steroid dienone is 1. The summed E-state index contributed by atoms with van der Waals surface area (Å²) in [6.45, 7) is 5.91. The van der Waals surface area contributed by atoms with Crippen molar-refractivity contribution >= 4 is 16.8 Å². The molecule has 1 aliphatic rings. The molecule has 0 saturated carbocycles. The third kappa shape index (κ3) is 3.50. The summed E-state index contributed by atoms with van der Waals surface area (Å²) in [6, 6.07) is 8.42. The summed E-state index contributed by atoms with van der Waals surface area (Å²) in [7, 11) is 0. The summed E-state index contributed by atoms with van der Waals surface area (Å²) in [6.07, 6.45) is 4.02. The summed E-state index contributed by atoms with van der Waals surface area (Å²) >= 11 is 0. The molecule has 5 heteroatoms. The predicted molar refractivity (Wildman–Crippen MR) is 94.6 cm³/mol. The third-order valence-corrected chi connectivity index (χ3v) is 4.42. The first-order valence-corrected chi connectivity index (χ1v) is 8.20. The SMILES string of the molecule is CCC1(C)OC(/C(C)=C/COc2ccc3ccc(=O)oc3c2)=CC1=O. The lowest BCUT2D eigenvalue weighted by molar-refractivity contribution is -0.128. The molecule has 1 atom stereocenters. The fourth-order valence-electron chi connectivity index (χ4n) is 2.53. The highest BCUT2D eigenvalue weighted by molar-refractivity contribution is 5.99. The van der Waals surface area contributed by atoms with E-state index >= 15 is 0 Å². The average Bonchev–Trinajstić information content (AvgIpc) is 2.90. The van der Waals surface area contributed by atoms with Gasteiger partial charge in [-0.2, -0.15) is 0 Å². The van der Waals surface area contributed by atoms with E-state index in [1.165, 1.54) is 6.07 Å². The lowest BCUT2D eigenvalue weighted by Crippen LogP contribution is -2.31. The van der Waals surface area contributed by atoms with Crippen molar-refractivity contribution in [3.63, 3.8) is 0 Å². The molecule has 25 heavy (non-hydrogen) atoms. The van der Waals surface area contributed by atoms with Crippen LogP contribution in [0.4, 0.5) is 0 Å². The van der Waals surface area contributed by atoms with Gasteiger partial charge in [0.25, 0.3) is 0 Å². The van der Waals surface area contributed by atoms with E-state index in [0.717, 1.165) is 11.0 Å². The Morgan fingerprint density at radius 2 is 2.00 bits per heavy atom. The molecular weight excluding hydrogens is 320 g/mol. The Hall–Kier alpha value is -2.82. The molecule has 0 saturated heterocycles. The molecule has 0 amide bonds. The highest BCUT2D eigenvalue weighted by Crippen LogP contribution is 2.31. The fourth-order valence-corrected chi connectivity index (χ4v) is 2.53. The van der Waals surface area contributed by atoms with E-state index in [9.17, 15) is 9.59 Å². The highest BCUT2D eigenvalue weighted by atomic mass is 16.5. The zero-order chi connectivity index (χ0) is 18.0. The van der Waals surface area contributed by atoms with Crippen LogP contribution in [-0.4, -0.2) is 18.0 Å². The van der Waals surface area contributed by atoms with Crippen LogP contribution < -0.4 is 10.4 Å². The first-order chi connectivity index (χ1) is 11.9. The maximum Gasteiger partial charge on any atom is 0.336 e. The molecule has 130 valence electrons. The van der Waals surface area contributed by atoms with Gasteiger partial charge in [-0.1, -0.05) is 6.92 Å². The van der Waals surface area contributed by atoms with E-state index in [2.05, 4.69) is 0 Å². The molecule has 0 aliphatic carbocycles. The summed E-state index contributed by atoms with van der Waals surface area (Å²) in [5.41, 5.74) is 0.172. The Bertz CT molecular complexity index is 934. The van der Waals surface area contributed by atoms with Crippen molar-refractivity contribution in [3.05, 3.63) is 64.2 Å². The zero-order valence-corrected chi connectivity index (χ0v) is 14.5. The van der Waals surface area contributed by atoms with Crippen LogP contribution in [0, 0.1) is 0 Å². The summed E-state index contributed by atoms with van der Waals surface area (Å²) in [5, 5.41) is 0.834. The van der Waals surface area contributed by atoms with Gasteiger partial charge < -0.3 is 13.9 Å². The van der Waals surface area contributed by atoms with Crippen LogP contribution in [0.1, 0.15) is 27.2 Å². The molecule has 1 aromatic carbocycles. The normalized spacial score (nSPS) is 20.5. The Balaban J connectivity index is 1.68. The smallest absolute Gasteiger partial charge is 0.336 e. The average molecular weight is 340 g/mol. The predicted octanol–water partition coefficient (Wildman–Crippen LogP) is 3.77. The van der Waals surface area contributed by atoms with Gasteiger partial charge >= 0.3 is 5.63 Å². The standard InChI is InChI=1S/C20H20O5/c1-4-20(3)18(21)12-16(25-20)13(2)9-10-23-15-7-5-14-6-8-19(22)24-17(14)11-15/h5-9,11-12H,4,10H2,1-3H3/b13-9+. The topological polar surface area (TPSA) is 65.7 Å². The van der Waals surface area contributed by atoms with Crippen molar-refractivity contribution in [1.82, 2.24) is 0 Å². The van der Waals surface area contributed by atoms with Crippen molar-refractivity contribution < 1.29 is 18.7 Å². The molecule has 0 spiro atoms. The number of ether oxygens (including phenoxy) is 2. The van der Waals surface area contributed by atoms with Crippen LogP contribution in [0.15, 0.2) is 63.0 Å². The first kappa shape index (κ1) is 17.0. The van der Waals surface area contributed by atoms with Crippen molar-refractivity contribution in [3.8, 4) is 5.75 Å². The molecule has 2 heterocycles. The van der Waals surface area contributed by atoms with Crippen LogP contribution in [0.3, 0.4) is 0 Å². The Morgan fingerprint density at radius 3 is 2.72 bits per heavy atom. The zero-order valence-electron chi connectivity index (χ0n) is 14.5. The van der Waals surface area contributed by atoms with E-state index in [-0.39, 0.29) is 5.78 Å². The van der Waals surface area contributed by atoms with Crippen molar-refractivity contribution in [1.29, 1.82) is 0 Å². The largest absolute Gasteiger partial charge is 0.489 e. The van der Waals surface area contributed by atoms with Gasteiger partial charge in [0.05, 0.1) is 0 Å². The number of hydrogen-bond donors (Lipinski definition) is 0. The minimum absolute atomic E-state index is 0.0109. The highest BCUT2D eigenvalue weighted by Gasteiger charge is 2.38. The Labute approximate surface area is 145 Å². The van der Waals surface area contributed by atoms with Gasteiger partial charge in [-0.05, 0) is 50.1 Å². The minimum atomic E-state index is -0.763. The van der Waals surface area contributed by atoms with E-state index in [4.69, 9.17) is 13.9 Å². The van der Waals surface area contributed by atoms with E-state index < -0.39 is 11.2 Å². The van der Waals surface area contributed by atoms with Crippen LogP contribution in [0.5, 0.6) is 5.75 Å². The van der Waals surface area contributed by atoms with E-state index in [1.807, 2.05) is 32.1 Å². The van der Waals surface area contributed by atoms with Crippen molar-refractivity contribution in [2.75, 3.05) is 6.61 Å². The van der Waals surface area contributed by atoms with Crippen LogP contribution in [0.2, 0.25) is 0 Å². The van der Waals surface area contributed by atoms with Gasteiger partial charge in [0, 0.05) is 23.6 Å². The molecule has 0 N–H and O–H groups in total. The molecule has 5 nitrogen and oxygen atoms in total. The summed E-state index contributed by atoms with van der Waals surface area (Å²) in [4.78, 5) is 23.3. The monoisotopic (exact) mass is 340 g/mol. The second-order valence-corrected chi connectivity index (χ2v) is 6.21. The van der Waals surface area contributed by atoms with Crippen LogP contribution >= 0.6 is 0 Å². The lowest BCUT2D eigenvalue weighted by Gasteiger charge is -2.22. The van der Waals surface area contributed by atoms with E-state index in [1.54, 1.807) is 25.1 Å². The van der Waals surface area contributed by atoms with Gasteiger partial charge in [0.1, 0.15) is 23.7 Å².